The molecule has 0 spiro atoms. The second-order valence-corrected chi connectivity index (χ2v) is 2.91. The minimum atomic E-state index is -0.312. The Morgan fingerprint density at radius 3 is 2.94 bits per heavy atom. The second-order valence-electron chi connectivity index (χ2n) is 2.91. The molecule has 4 N–H and O–H groups in total. The summed E-state index contributed by atoms with van der Waals surface area (Å²) in [5, 5.41) is 6.11. The highest BCUT2D eigenvalue weighted by Gasteiger charge is 2.08. The van der Waals surface area contributed by atoms with Gasteiger partial charge >= 0.3 is 0 Å². The molecule has 2 heterocycles. The Labute approximate surface area is 90.6 Å². The molecule has 2 aromatic heterocycles. The molecular weight excluding hydrogens is 210 g/mol. The number of carbonyl (C=O) groups excluding carboxylic acids is 1. The summed E-state index contributed by atoms with van der Waals surface area (Å²) in [7, 11) is 0. The number of carbonyl (C=O) groups is 1. The standard InChI is InChI=1S/C9H9N5O2/c10-13-8-5-6(1-3-11-8)9(15)12-7-2-4-16-14-7/h1-5H,10H2,(H,11,13)(H,12,14,15). The third-order valence-electron chi connectivity index (χ3n) is 1.85. The Morgan fingerprint density at radius 1 is 1.38 bits per heavy atom. The first-order valence-electron chi connectivity index (χ1n) is 4.44. The lowest BCUT2D eigenvalue weighted by Crippen LogP contribution is -2.14. The normalized spacial score (nSPS) is 9.81. The molecule has 7 heteroatoms. The van der Waals surface area contributed by atoms with Crippen molar-refractivity contribution in [2.75, 3.05) is 10.7 Å². The van der Waals surface area contributed by atoms with E-state index in [1.807, 2.05) is 0 Å². The predicted octanol–water partition coefficient (Wildman–Crippen LogP) is 0.608. The van der Waals surface area contributed by atoms with E-state index in [0.717, 1.165) is 0 Å². The van der Waals surface area contributed by atoms with Crippen LogP contribution in [0, 0.1) is 0 Å². The predicted molar refractivity (Wildman–Crippen MR) is 56.5 cm³/mol. The molecule has 2 rings (SSSR count). The van der Waals surface area contributed by atoms with Gasteiger partial charge in [0.2, 0.25) is 0 Å². The van der Waals surface area contributed by atoms with E-state index in [9.17, 15) is 4.79 Å². The van der Waals surface area contributed by atoms with Crippen LogP contribution in [0.25, 0.3) is 0 Å². The van der Waals surface area contributed by atoms with Crippen molar-refractivity contribution in [1.29, 1.82) is 0 Å². The molecule has 0 aliphatic carbocycles. The largest absolute Gasteiger partial charge is 0.363 e. The highest BCUT2D eigenvalue weighted by molar-refractivity contribution is 6.04. The number of nitrogens with two attached hydrogens (primary N) is 1. The van der Waals surface area contributed by atoms with Crippen molar-refractivity contribution in [2.45, 2.75) is 0 Å². The van der Waals surface area contributed by atoms with Gasteiger partial charge in [0, 0.05) is 17.8 Å². The number of hydrogen-bond acceptors (Lipinski definition) is 6. The molecule has 0 saturated heterocycles. The molecule has 2 aromatic rings. The fraction of sp³-hybridized carbons (Fsp3) is 0. The van der Waals surface area contributed by atoms with Crippen molar-refractivity contribution in [1.82, 2.24) is 10.1 Å². The van der Waals surface area contributed by atoms with E-state index < -0.39 is 0 Å². The van der Waals surface area contributed by atoms with Gasteiger partial charge in [0.05, 0.1) is 0 Å². The molecular formula is C9H9N5O2. The van der Waals surface area contributed by atoms with Crippen LogP contribution < -0.4 is 16.6 Å². The summed E-state index contributed by atoms with van der Waals surface area (Å²) in [4.78, 5) is 15.6. The zero-order valence-electron chi connectivity index (χ0n) is 8.18. The number of rotatable bonds is 3. The molecule has 0 bridgehead atoms. The van der Waals surface area contributed by atoms with Gasteiger partial charge in [-0.05, 0) is 12.1 Å². The van der Waals surface area contributed by atoms with Gasteiger partial charge in [0.15, 0.2) is 5.82 Å². The van der Waals surface area contributed by atoms with E-state index >= 15 is 0 Å². The molecule has 1 amide bonds. The molecule has 0 aliphatic heterocycles. The van der Waals surface area contributed by atoms with Gasteiger partial charge in [-0.1, -0.05) is 5.16 Å². The minimum Gasteiger partial charge on any atom is -0.363 e. The first kappa shape index (κ1) is 10.1. The molecule has 0 unspecified atom stereocenters. The van der Waals surface area contributed by atoms with Gasteiger partial charge < -0.3 is 15.3 Å². The number of hydrogen-bond donors (Lipinski definition) is 3. The van der Waals surface area contributed by atoms with Crippen LogP contribution in [-0.2, 0) is 0 Å². The minimum absolute atomic E-state index is 0.312. The van der Waals surface area contributed by atoms with Crippen LogP contribution in [0.1, 0.15) is 10.4 Å². The molecule has 0 aliphatic rings. The summed E-state index contributed by atoms with van der Waals surface area (Å²) in [6, 6.07) is 4.63. The van der Waals surface area contributed by atoms with E-state index in [1.54, 1.807) is 12.1 Å². The van der Waals surface area contributed by atoms with E-state index in [0.29, 0.717) is 17.2 Å². The Bertz CT molecular complexity index is 482. The Balaban J connectivity index is 2.14. The second kappa shape index (κ2) is 4.41. The average molecular weight is 219 g/mol. The van der Waals surface area contributed by atoms with E-state index in [2.05, 4.69) is 25.4 Å². The maximum Gasteiger partial charge on any atom is 0.257 e. The summed E-state index contributed by atoms with van der Waals surface area (Å²) >= 11 is 0. The van der Waals surface area contributed by atoms with Crippen molar-refractivity contribution in [3.05, 3.63) is 36.2 Å². The molecule has 0 atom stereocenters. The number of pyridine rings is 1. The molecule has 82 valence electrons. The third kappa shape index (κ3) is 2.15. The summed E-state index contributed by atoms with van der Waals surface area (Å²) in [6.07, 6.45) is 2.85. The Hall–Kier alpha value is -2.41. The molecule has 0 fully saturated rings. The summed E-state index contributed by atoms with van der Waals surface area (Å²) < 4.78 is 4.59. The Kier molecular flexibility index (Phi) is 2.79. The molecule has 16 heavy (non-hydrogen) atoms. The fourth-order valence-corrected chi connectivity index (χ4v) is 1.12. The monoisotopic (exact) mass is 219 g/mol. The first-order valence-corrected chi connectivity index (χ1v) is 4.44. The van der Waals surface area contributed by atoms with Crippen LogP contribution in [0.15, 0.2) is 35.2 Å². The van der Waals surface area contributed by atoms with Gasteiger partial charge in [-0.2, -0.15) is 0 Å². The van der Waals surface area contributed by atoms with Crippen molar-refractivity contribution in [3.8, 4) is 0 Å². The van der Waals surface area contributed by atoms with Gasteiger partial charge in [-0.15, -0.1) is 0 Å². The van der Waals surface area contributed by atoms with Crippen LogP contribution in [0.5, 0.6) is 0 Å². The van der Waals surface area contributed by atoms with Crippen LogP contribution in [-0.4, -0.2) is 16.0 Å². The van der Waals surface area contributed by atoms with Crippen molar-refractivity contribution in [3.63, 3.8) is 0 Å². The fourth-order valence-electron chi connectivity index (χ4n) is 1.12. The smallest absolute Gasteiger partial charge is 0.257 e. The molecule has 0 saturated carbocycles. The van der Waals surface area contributed by atoms with E-state index in [4.69, 9.17) is 5.84 Å². The first-order chi connectivity index (χ1) is 7.79. The number of aromatic nitrogens is 2. The number of nitrogens with one attached hydrogen (secondary N) is 2. The number of hydrazine groups is 1. The van der Waals surface area contributed by atoms with E-state index in [1.165, 1.54) is 18.5 Å². The lowest BCUT2D eigenvalue weighted by atomic mass is 10.2. The third-order valence-corrected chi connectivity index (χ3v) is 1.85. The lowest BCUT2D eigenvalue weighted by molar-refractivity contribution is 0.102. The average Bonchev–Trinajstić information content (AvgIpc) is 2.82. The van der Waals surface area contributed by atoms with Gasteiger partial charge in [-0.25, -0.2) is 10.8 Å². The summed E-state index contributed by atoms with van der Waals surface area (Å²) in [5.74, 6) is 5.63. The zero-order chi connectivity index (χ0) is 11.4. The van der Waals surface area contributed by atoms with Crippen LogP contribution in [0.3, 0.4) is 0 Å². The lowest BCUT2D eigenvalue weighted by Gasteiger charge is -2.03. The SMILES string of the molecule is NNc1cc(C(=O)Nc2ccon2)ccn1. The van der Waals surface area contributed by atoms with Crippen LogP contribution in [0.2, 0.25) is 0 Å². The number of nitrogens with zero attached hydrogens (tertiary/aromatic N) is 2. The number of nitrogen functional groups attached to an aromatic ring is 1. The highest BCUT2D eigenvalue weighted by Crippen LogP contribution is 2.08. The summed E-state index contributed by atoms with van der Waals surface area (Å²) in [6.45, 7) is 0. The molecule has 0 radical (unpaired) electrons. The number of anilines is 2. The quantitative estimate of drug-likeness (QED) is 0.515. The maximum absolute atomic E-state index is 11.7. The summed E-state index contributed by atoms with van der Waals surface area (Å²) in [5.41, 5.74) is 2.78. The topological polar surface area (TPSA) is 106 Å². The van der Waals surface area contributed by atoms with Gasteiger partial charge in [0.1, 0.15) is 12.1 Å². The van der Waals surface area contributed by atoms with Gasteiger partial charge in [-0.3, -0.25) is 4.79 Å². The highest BCUT2D eigenvalue weighted by atomic mass is 16.5. The van der Waals surface area contributed by atoms with E-state index in [-0.39, 0.29) is 5.91 Å². The maximum atomic E-state index is 11.7. The van der Waals surface area contributed by atoms with Gasteiger partial charge in [0.25, 0.3) is 5.91 Å². The van der Waals surface area contributed by atoms with Crippen LogP contribution >= 0.6 is 0 Å². The van der Waals surface area contributed by atoms with Crippen molar-refractivity contribution in [2.24, 2.45) is 5.84 Å². The van der Waals surface area contributed by atoms with Crippen molar-refractivity contribution < 1.29 is 9.32 Å². The zero-order valence-corrected chi connectivity index (χ0v) is 8.18. The Morgan fingerprint density at radius 2 is 2.25 bits per heavy atom. The molecule has 0 aromatic carbocycles. The molecule has 7 nitrogen and oxygen atoms in total. The van der Waals surface area contributed by atoms with Crippen LogP contribution in [0.4, 0.5) is 11.6 Å². The van der Waals surface area contributed by atoms with Crippen molar-refractivity contribution >= 4 is 17.5 Å². The number of amides is 1.